The first kappa shape index (κ1) is 94.3. The van der Waals surface area contributed by atoms with Crippen LogP contribution in [0.25, 0.3) is 0 Å². The molecule has 0 aliphatic carbocycles. The number of nitriles is 2. The zero-order valence-corrected chi connectivity index (χ0v) is 64.4. The van der Waals surface area contributed by atoms with Crippen LogP contribution in [0.15, 0.2) is 97.6 Å². The summed E-state index contributed by atoms with van der Waals surface area (Å²) in [5.41, 5.74) is 13.4. The lowest BCUT2D eigenvalue weighted by molar-refractivity contribution is -0.137. The standard InChI is InChI=1S/C10H15Cl2N3O4.C10H13Cl2N3O4.C10H13ClFN3O4.C10H12ClFN2O5.C10H13ClN4O4.C10H11ClN4O4/c2*11-3-10(4-16)7(17)6(12)8(19-10)15-2-1-5(13)14-9(15)18;11-6-7(17)10(3-12,4-16)19-8(6)15-2-1-5(13)14-9(15)18;11-6-7(17)10(3-12,4-15)19-8(6)14-2-1-5(16)13-9(14)18;2*11-6-7(17)10(3-12,4-16)19-8(6)15-2-1-5(13)14-9(15)18/h1-2,5-8,16-17H,3-4,13H2,(H,14,18);2*1-2,6-8,16-17H,3-4H2,(H2,13,14,18);1-2,6-8,15,17H,3-4H2,(H,13,16,18);1-2,5-8,16-17H,4,13H2,(H,14,18);1-2,6-8,16-17H,4H2,(H2,13,14,18)/t5?,6-,7+,8-,10-;3*6-,7+,8-,10-;5?,6-,7+,8-,10-;6-,7+,8-,10-/m111111/s1. The van der Waals surface area contributed by atoms with E-state index in [4.69, 9.17) is 166 Å². The Morgan fingerprint density at radius 2 is 0.719 bits per heavy atom. The summed E-state index contributed by atoms with van der Waals surface area (Å²) < 4.78 is 62.1. The van der Waals surface area contributed by atoms with Crippen molar-refractivity contribution in [3.63, 3.8) is 0 Å². The van der Waals surface area contributed by atoms with Gasteiger partial charge in [0.1, 0.15) is 134 Å². The molecule has 4 amide bonds. The Hall–Kier alpha value is -6.90. The average Bonchev–Trinajstić information content (AvgIpc) is 1.65. The summed E-state index contributed by atoms with van der Waals surface area (Å²) in [7, 11) is 0. The molecule has 114 heavy (non-hydrogen) atoms. The number of amides is 4. The van der Waals surface area contributed by atoms with E-state index in [-0.39, 0.29) is 29.2 Å². The Morgan fingerprint density at radius 3 is 1.00 bits per heavy atom. The molecule has 0 radical (unpaired) electrons. The highest BCUT2D eigenvalue weighted by Crippen LogP contribution is 2.45. The molecule has 0 aromatic carbocycles. The molecule has 0 bridgehead atoms. The van der Waals surface area contributed by atoms with Gasteiger partial charge in [-0.25, -0.2) is 37.5 Å². The molecular formula is C60H77Cl8F2N19O25. The van der Waals surface area contributed by atoms with Crippen LogP contribution >= 0.6 is 92.8 Å². The van der Waals surface area contributed by atoms with Crippen LogP contribution in [-0.4, -0.2) is 313 Å². The van der Waals surface area contributed by atoms with E-state index < -0.39 is 246 Å². The zero-order chi connectivity index (χ0) is 85.2. The molecule has 0 spiro atoms. The summed E-state index contributed by atoms with van der Waals surface area (Å²) in [6.07, 6.45) is -5.01. The van der Waals surface area contributed by atoms with Crippen molar-refractivity contribution in [2.24, 2.45) is 11.5 Å². The van der Waals surface area contributed by atoms with Gasteiger partial charge in [-0.1, -0.05) is 0 Å². The minimum absolute atomic E-state index is 0.0184. The molecule has 4 aromatic heterocycles. The number of aliphatic hydroxyl groups excluding tert-OH is 12. The third-order valence-corrected chi connectivity index (χ3v) is 22.1. The number of aromatic nitrogens is 8. The van der Waals surface area contributed by atoms with Crippen molar-refractivity contribution >= 4 is 122 Å². The van der Waals surface area contributed by atoms with Gasteiger partial charge in [0, 0.05) is 43.3 Å². The smallest absolute Gasteiger partial charge is 0.351 e. The van der Waals surface area contributed by atoms with E-state index in [1.807, 2.05) is 4.98 Å². The SMILES string of the molecule is N#C[C@]1(CO)O[C@@H](N2C=CC(N)NC2=O)[C@H](Cl)[C@@H]1O.N#C[C@]1(CO)O[C@@H](n2ccc(N)nc2=O)[C@H](Cl)[C@@H]1O.NC1C=CN([C@@H]2O[C@@](CO)(CCl)[C@@H](O)[C@H]2Cl)C(=O)N1.Nc1ccn([C@@H]2O[C@@](CO)(CCl)[C@@H](O)[C@H]2Cl)c(=O)n1.Nc1ccn([C@@H]2O[C@@](CO)(CF)[C@@H](O)[C@H]2Cl)c(=O)n1.O=c1ccn([C@@H]2O[C@@](CO)(CF)[C@@H](O)[C@H]2Cl)c(=O)[nH]1. The Labute approximate surface area is 679 Å². The number of carbonyl (C=O) groups is 2. The molecule has 0 saturated carbocycles. The Bertz CT molecular complexity index is 4360. The van der Waals surface area contributed by atoms with Crippen LogP contribution in [-0.2, 0) is 28.4 Å². The van der Waals surface area contributed by atoms with E-state index >= 15 is 0 Å². The van der Waals surface area contributed by atoms with E-state index in [2.05, 4.69) is 25.6 Å². The third-order valence-electron chi connectivity index (χ3n) is 18.5. The van der Waals surface area contributed by atoms with Gasteiger partial charge in [-0.15, -0.1) is 92.8 Å². The molecule has 12 rings (SSSR count). The molecule has 632 valence electrons. The normalized spacial score (nSPS) is 37.1. The molecule has 6 saturated heterocycles. The van der Waals surface area contributed by atoms with Crippen LogP contribution in [0.1, 0.15) is 24.9 Å². The maximum absolute atomic E-state index is 13.0. The van der Waals surface area contributed by atoms with Gasteiger partial charge in [-0.05, 0) is 30.4 Å². The number of aliphatic hydroxyl groups is 12. The van der Waals surface area contributed by atoms with Crippen molar-refractivity contribution in [2.75, 3.05) is 82.0 Å². The van der Waals surface area contributed by atoms with Crippen LogP contribution in [0.2, 0.25) is 0 Å². The summed E-state index contributed by atoms with van der Waals surface area (Å²) in [6.45, 7) is -6.36. The second-order valence-corrected chi connectivity index (χ2v) is 29.3. The van der Waals surface area contributed by atoms with Gasteiger partial charge in [-0.2, -0.15) is 25.5 Å². The number of hydrogen-bond donors (Lipinski definition) is 20. The number of carbonyl (C=O) groups excluding carboxylic acids is 2. The molecule has 12 heterocycles. The molecule has 8 aliphatic rings. The lowest BCUT2D eigenvalue weighted by Gasteiger charge is -2.32. The minimum Gasteiger partial charge on any atom is -0.393 e. The van der Waals surface area contributed by atoms with Gasteiger partial charge in [-0.3, -0.25) is 37.8 Å². The fourth-order valence-corrected chi connectivity index (χ4v) is 14.6. The van der Waals surface area contributed by atoms with E-state index in [9.17, 15) is 98.5 Å². The summed E-state index contributed by atoms with van der Waals surface area (Å²) >= 11 is 47.4. The predicted molar refractivity (Wildman–Crippen MR) is 393 cm³/mol. The molecule has 26 atom stereocenters. The minimum atomic E-state index is -1.87. The summed E-state index contributed by atoms with van der Waals surface area (Å²) in [5, 5.41) is 132. The van der Waals surface area contributed by atoms with Gasteiger partial charge >= 0.3 is 34.8 Å². The van der Waals surface area contributed by atoms with Crippen LogP contribution < -0.4 is 67.6 Å². The third kappa shape index (κ3) is 19.0. The predicted octanol–water partition coefficient (Wildman–Crippen LogP) is -6.88. The highest BCUT2D eigenvalue weighted by Gasteiger charge is 2.61. The van der Waals surface area contributed by atoms with E-state index in [0.717, 1.165) is 35.4 Å². The molecule has 8 aliphatic heterocycles. The first-order chi connectivity index (χ1) is 53.7. The number of anilines is 3. The zero-order valence-electron chi connectivity index (χ0n) is 58.3. The quantitative estimate of drug-likeness (QED) is 0.0464. The number of urea groups is 2. The number of nitrogen functional groups attached to an aromatic ring is 3. The fraction of sp³-hybridized carbons (Fsp3) is 0.600. The monoisotopic (exact) mass is 1780 g/mol. The number of aromatic amines is 1. The van der Waals surface area contributed by atoms with Crippen molar-refractivity contribution in [3.8, 4) is 12.1 Å². The van der Waals surface area contributed by atoms with Gasteiger partial charge in [0.25, 0.3) is 5.56 Å². The van der Waals surface area contributed by atoms with Crippen molar-refractivity contribution in [3.05, 3.63) is 126 Å². The second kappa shape index (κ2) is 39.1. The number of ether oxygens (including phenoxy) is 6. The Balaban J connectivity index is 0.000000189. The first-order valence-corrected chi connectivity index (χ1v) is 36.5. The van der Waals surface area contributed by atoms with E-state index in [1.165, 1.54) is 60.2 Å². The van der Waals surface area contributed by atoms with Crippen LogP contribution in [0.3, 0.4) is 0 Å². The number of halogens is 10. The molecule has 6 fully saturated rings. The van der Waals surface area contributed by atoms with Gasteiger partial charge in [0.15, 0.2) is 37.4 Å². The maximum atomic E-state index is 13.0. The van der Waals surface area contributed by atoms with Crippen molar-refractivity contribution in [1.82, 2.24) is 58.6 Å². The van der Waals surface area contributed by atoms with Crippen LogP contribution in [0, 0.1) is 22.7 Å². The Kier molecular flexibility index (Phi) is 32.3. The van der Waals surface area contributed by atoms with Gasteiger partial charge in [0.05, 0.1) is 63.7 Å². The second-order valence-electron chi connectivity index (χ2n) is 25.7. The van der Waals surface area contributed by atoms with E-state index in [1.54, 1.807) is 18.2 Å². The molecule has 4 aromatic rings. The lowest BCUT2D eigenvalue weighted by atomic mass is 9.99. The molecule has 25 N–H and O–H groups in total. The summed E-state index contributed by atoms with van der Waals surface area (Å²) in [4.78, 5) is 95.9. The van der Waals surface area contributed by atoms with Crippen LogP contribution in [0.4, 0.5) is 35.8 Å². The van der Waals surface area contributed by atoms with Crippen molar-refractivity contribution in [1.29, 1.82) is 10.5 Å². The fourth-order valence-electron chi connectivity index (χ4n) is 11.6. The number of alkyl halides is 10. The Morgan fingerprint density at radius 1 is 0.439 bits per heavy atom. The summed E-state index contributed by atoms with van der Waals surface area (Å²) in [5.74, 6) is -0.203. The molecule has 44 nitrogen and oxygen atoms in total. The topological polar surface area (TPSA) is 700 Å². The van der Waals surface area contributed by atoms with Crippen molar-refractivity contribution in [2.45, 2.75) is 152 Å². The largest absolute Gasteiger partial charge is 0.393 e. The number of hydrogen-bond acceptors (Lipinski definition) is 35. The highest BCUT2D eigenvalue weighted by molar-refractivity contribution is 6.24. The average molecular weight is 1790 g/mol. The van der Waals surface area contributed by atoms with Crippen LogP contribution in [0.5, 0.6) is 0 Å². The number of rotatable bonds is 16. The molecular weight excluding hydrogens is 1710 g/mol. The lowest BCUT2D eigenvalue weighted by Crippen LogP contribution is -2.54. The highest BCUT2D eigenvalue weighted by atomic mass is 35.5. The van der Waals surface area contributed by atoms with Gasteiger partial charge < -0.3 is 129 Å². The summed E-state index contributed by atoms with van der Waals surface area (Å²) in [6, 6.07) is 7.46. The van der Waals surface area contributed by atoms with Gasteiger partial charge in [0.2, 0.25) is 11.2 Å². The molecule has 54 heteroatoms. The number of nitrogens with one attached hydrogen (secondary N) is 3. The number of H-pyrrole nitrogens is 1. The van der Waals surface area contributed by atoms with Crippen molar-refractivity contribution < 1.29 is 108 Å². The van der Waals surface area contributed by atoms with E-state index in [0.29, 0.717) is 0 Å². The molecule has 2 unspecified atom stereocenters. The number of nitrogens with zero attached hydrogens (tertiary/aromatic N) is 11. The first-order valence-electron chi connectivity index (χ1n) is 32.8. The maximum Gasteiger partial charge on any atom is 0.351 e. The number of nitrogens with two attached hydrogens (primary N) is 5.